The fourth-order valence-corrected chi connectivity index (χ4v) is 2.12. The van der Waals surface area contributed by atoms with Gasteiger partial charge in [-0.25, -0.2) is 0 Å². The van der Waals surface area contributed by atoms with Crippen LogP contribution in [0, 0.1) is 5.92 Å². The Labute approximate surface area is 70.9 Å². The van der Waals surface area contributed by atoms with Gasteiger partial charge in [0.1, 0.15) is 0 Å². The molecular weight excluding hydrogens is 223 g/mol. The van der Waals surface area contributed by atoms with Gasteiger partial charge in [-0.1, -0.05) is 41.2 Å². The van der Waals surface area contributed by atoms with Crippen LogP contribution in [0.3, 0.4) is 0 Å². The van der Waals surface area contributed by atoms with Crippen molar-refractivity contribution < 1.29 is 0 Å². The summed E-state index contributed by atoms with van der Waals surface area (Å²) < 4.78 is 0.882. The number of hydrogen-bond acceptors (Lipinski definition) is 0. The van der Waals surface area contributed by atoms with Gasteiger partial charge in [-0.2, -0.15) is 0 Å². The van der Waals surface area contributed by atoms with Crippen molar-refractivity contribution >= 4 is 22.6 Å². The van der Waals surface area contributed by atoms with Crippen molar-refractivity contribution in [3.05, 3.63) is 11.6 Å². The monoisotopic (exact) mass is 236 g/mol. The zero-order valence-corrected chi connectivity index (χ0v) is 8.18. The van der Waals surface area contributed by atoms with Crippen LogP contribution in [0.1, 0.15) is 26.7 Å². The van der Waals surface area contributed by atoms with Crippen LogP contribution in [-0.2, 0) is 0 Å². The van der Waals surface area contributed by atoms with E-state index in [2.05, 4.69) is 42.5 Å². The molecule has 0 N–H and O–H groups in total. The second kappa shape index (κ2) is 3.04. The molecule has 0 spiro atoms. The molecule has 9 heavy (non-hydrogen) atoms. The maximum Gasteiger partial charge on any atom is 0.0175 e. The van der Waals surface area contributed by atoms with E-state index in [1.807, 2.05) is 0 Å². The van der Waals surface area contributed by atoms with Crippen molar-refractivity contribution in [1.82, 2.24) is 0 Å². The summed E-state index contributed by atoms with van der Waals surface area (Å²) in [4.78, 5) is 0. The summed E-state index contributed by atoms with van der Waals surface area (Å²) >= 11 is 2.56. The lowest BCUT2D eigenvalue weighted by molar-refractivity contribution is 0.545. The van der Waals surface area contributed by atoms with Crippen LogP contribution >= 0.6 is 22.6 Å². The summed E-state index contributed by atoms with van der Waals surface area (Å²) in [5, 5.41) is 0. The molecule has 0 nitrogen and oxygen atoms in total. The topological polar surface area (TPSA) is 0 Å². The number of allylic oxidation sites excluding steroid dienone is 2. The summed E-state index contributed by atoms with van der Waals surface area (Å²) in [6.07, 6.45) is 4.97. The van der Waals surface area contributed by atoms with E-state index in [0.29, 0.717) is 0 Å². The Kier molecular flexibility index (Phi) is 2.56. The maximum absolute atomic E-state index is 2.56. The van der Waals surface area contributed by atoms with Gasteiger partial charge in [0.25, 0.3) is 0 Å². The quantitative estimate of drug-likeness (QED) is 0.344. The summed E-state index contributed by atoms with van der Waals surface area (Å²) in [5.74, 6) is 0.897. The maximum atomic E-state index is 2.56. The number of halogens is 1. The number of hydrogen-bond donors (Lipinski definition) is 0. The van der Waals surface area contributed by atoms with Gasteiger partial charge in [0.15, 0.2) is 0 Å². The fraction of sp³-hybridized carbons (Fsp3) is 0.750. The van der Waals surface area contributed by atoms with E-state index in [1.165, 1.54) is 12.8 Å². The highest BCUT2D eigenvalue weighted by Crippen LogP contribution is 2.28. The first-order chi connectivity index (χ1) is 4.20. The van der Waals surface area contributed by atoms with Gasteiger partial charge in [0.05, 0.1) is 0 Å². The van der Waals surface area contributed by atoms with E-state index in [9.17, 15) is 0 Å². The minimum absolute atomic E-state index is 0.882. The smallest absolute Gasteiger partial charge is 0.0175 e. The van der Waals surface area contributed by atoms with E-state index < -0.39 is 0 Å². The highest BCUT2D eigenvalue weighted by Gasteiger charge is 2.16. The molecule has 1 aliphatic rings. The highest BCUT2D eigenvalue weighted by molar-refractivity contribution is 14.1. The Bertz CT molecular complexity index is 127. The van der Waals surface area contributed by atoms with Crippen molar-refractivity contribution in [2.45, 2.75) is 30.6 Å². The third-order valence-electron chi connectivity index (χ3n) is 1.97. The van der Waals surface area contributed by atoms with Crippen LogP contribution < -0.4 is 0 Å². The molecule has 0 amide bonds. The van der Waals surface area contributed by atoms with Gasteiger partial charge in [0.2, 0.25) is 0 Å². The molecule has 0 aliphatic heterocycles. The summed E-state index contributed by atoms with van der Waals surface area (Å²) in [5.41, 5.74) is 1.58. The lowest BCUT2D eigenvalue weighted by atomic mass is 9.92. The van der Waals surface area contributed by atoms with Crippen molar-refractivity contribution in [1.29, 1.82) is 0 Å². The lowest BCUT2D eigenvalue weighted by Crippen LogP contribution is -2.14. The van der Waals surface area contributed by atoms with Crippen LogP contribution in [0.15, 0.2) is 11.6 Å². The molecule has 0 aromatic rings. The van der Waals surface area contributed by atoms with E-state index in [-0.39, 0.29) is 0 Å². The van der Waals surface area contributed by atoms with Crippen LogP contribution in [0.5, 0.6) is 0 Å². The molecule has 0 radical (unpaired) electrons. The molecule has 0 saturated heterocycles. The second-order valence-corrected chi connectivity index (χ2v) is 4.58. The molecule has 1 rings (SSSR count). The van der Waals surface area contributed by atoms with E-state index in [0.717, 1.165) is 9.84 Å². The molecule has 0 unspecified atom stereocenters. The molecule has 0 saturated carbocycles. The van der Waals surface area contributed by atoms with Crippen molar-refractivity contribution in [3.8, 4) is 0 Å². The summed E-state index contributed by atoms with van der Waals surface area (Å²) in [6.45, 7) is 4.57. The van der Waals surface area contributed by atoms with Crippen LogP contribution in [-0.4, -0.2) is 3.92 Å². The second-order valence-electron chi connectivity index (χ2n) is 2.98. The van der Waals surface area contributed by atoms with Gasteiger partial charge in [-0.3, -0.25) is 0 Å². The molecule has 0 bridgehead atoms. The standard InChI is InChI=1S/C8H13I/c1-6-3-4-7(2)8(9)5-6/h3,7-8H,4-5H2,1-2H3/t7-,8-/m0/s1. The average molecular weight is 236 g/mol. The Morgan fingerprint density at radius 2 is 2.33 bits per heavy atom. The van der Waals surface area contributed by atoms with Crippen LogP contribution in [0.4, 0.5) is 0 Å². The van der Waals surface area contributed by atoms with Crippen molar-refractivity contribution in [2.75, 3.05) is 0 Å². The third kappa shape index (κ3) is 1.95. The Morgan fingerprint density at radius 3 is 2.78 bits per heavy atom. The molecular formula is C8H13I. The number of alkyl halides is 1. The first-order valence-electron chi connectivity index (χ1n) is 3.50. The third-order valence-corrected chi connectivity index (χ3v) is 3.64. The van der Waals surface area contributed by atoms with Crippen LogP contribution in [0.2, 0.25) is 0 Å². The fourth-order valence-electron chi connectivity index (χ4n) is 1.13. The molecule has 2 atom stereocenters. The molecule has 52 valence electrons. The van der Waals surface area contributed by atoms with Gasteiger partial charge < -0.3 is 0 Å². The Balaban J connectivity index is 2.54. The number of rotatable bonds is 0. The van der Waals surface area contributed by atoms with Gasteiger partial charge in [-0.05, 0) is 25.7 Å². The zero-order chi connectivity index (χ0) is 6.85. The molecule has 0 heterocycles. The first-order valence-corrected chi connectivity index (χ1v) is 4.74. The zero-order valence-electron chi connectivity index (χ0n) is 6.02. The van der Waals surface area contributed by atoms with Crippen LogP contribution in [0.25, 0.3) is 0 Å². The largest absolute Gasteiger partial charge is 0.0853 e. The molecule has 0 aromatic carbocycles. The molecule has 1 aliphatic carbocycles. The molecule has 0 aromatic heterocycles. The minimum Gasteiger partial charge on any atom is -0.0853 e. The van der Waals surface area contributed by atoms with Gasteiger partial charge in [0, 0.05) is 3.92 Å². The normalized spacial score (nSPS) is 36.1. The van der Waals surface area contributed by atoms with E-state index in [1.54, 1.807) is 5.57 Å². The average Bonchev–Trinajstić information content (AvgIpc) is 1.80. The van der Waals surface area contributed by atoms with E-state index in [4.69, 9.17) is 0 Å². The Morgan fingerprint density at radius 1 is 1.67 bits per heavy atom. The SMILES string of the molecule is CC1=CC[C@H](C)[C@@H](I)C1. The molecule has 0 fully saturated rings. The predicted octanol–water partition coefficient (Wildman–Crippen LogP) is 3.17. The van der Waals surface area contributed by atoms with Crippen molar-refractivity contribution in [3.63, 3.8) is 0 Å². The lowest BCUT2D eigenvalue weighted by Gasteiger charge is -2.22. The van der Waals surface area contributed by atoms with Gasteiger partial charge in [-0.15, -0.1) is 0 Å². The highest BCUT2D eigenvalue weighted by atomic mass is 127. The van der Waals surface area contributed by atoms with Gasteiger partial charge >= 0.3 is 0 Å². The minimum atomic E-state index is 0.882. The van der Waals surface area contributed by atoms with E-state index >= 15 is 0 Å². The molecule has 1 heteroatoms. The van der Waals surface area contributed by atoms with Crippen molar-refractivity contribution in [2.24, 2.45) is 5.92 Å². The first kappa shape index (κ1) is 7.58. The predicted molar refractivity (Wildman–Crippen MR) is 50.0 cm³/mol. The summed E-state index contributed by atoms with van der Waals surface area (Å²) in [6, 6.07) is 0. The Hall–Kier alpha value is 0.470. The summed E-state index contributed by atoms with van der Waals surface area (Å²) in [7, 11) is 0.